The van der Waals surface area contributed by atoms with Crippen LogP contribution < -0.4 is 5.32 Å². The summed E-state index contributed by atoms with van der Waals surface area (Å²) in [5.74, 6) is -0.129. The third-order valence-corrected chi connectivity index (χ3v) is 5.40. The Morgan fingerprint density at radius 1 is 0.967 bits per heavy atom. The zero-order chi connectivity index (χ0) is 20.5. The molecule has 0 saturated carbocycles. The molecule has 5 rings (SSSR count). The summed E-state index contributed by atoms with van der Waals surface area (Å²) < 4.78 is 1.94. The summed E-state index contributed by atoms with van der Waals surface area (Å²) in [6.45, 7) is 1.99. The van der Waals surface area contributed by atoms with Gasteiger partial charge in [-0.15, -0.1) is 0 Å². The van der Waals surface area contributed by atoms with Crippen LogP contribution in [0.4, 0.5) is 0 Å². The molecule has 0 aliphatic carbocycles. The molecule has 0 saturated heterocycles. The van der Waals surface area contributed by atoms with Crippen LogP contribution in [0.25, 0.3) is 27.4 Å². The summed E-state index contributed by atoms with van der Waals surface area (Å²) in [5.41, 5.74) is 3.37. The Morgan fingerprint density at radius 2 is 1.77 bits per heavy atom. The van der Waals surface area contributed by atoms with Gasteiger partial charge in [-0.05, 0) is 47.5 Å². The topological polar surface area (TPSA) is 59.8 Å². The average Bonchev–Trinajstić information content (AvgIpc) is 3.33. The van der Waals surface area contributed by atoms with Crippen molar-refractivity contribution < 1.29 is 4.79 Å². The normalized spacial score (nSPS) is 12.2. The first-order chi connectivity index (χ1) is 14.7. The standard InChI is InChI=1S/C25H20N4O/c1-17(18-8-10-20(11-9-18)29-14-13-26-16-29)28-25(30)23-15-19-5-2-3-6-21(19)22-7-4-12-27-24(22)23/h2-17H,1H3,(H,28,30). The lowest BCUT2D eigenvalue weighted by Crippen LogP contribution is -2.27. The Kier molecular flexibility index (Phi) is 4.48. The molecule has 0 radical (unpaired) electrons. The van der Waals surface area contributed by atoms with Crippen molar-refractivity contribution in [3.05, 3.63) is 103 Å². The number of hydrogen-bond donors (Lipinski definition) is 1. The maximum absolute atomic E-state index is 13.2. The number of fused-ring (bicyclic) bond motifs is 3. The van der Waals surface area contributed by atoms with Gasteiger partial charge in [0.05, 0.1) is 23.4 Å². The number of amides is 1. The average molecular weight is 392 g/mol. The van der Waals surface area contributed by atoms with Gasteiger partial charge in [-0.2, -0.15) is 0 Å². The third-order valence-electron chi connectivity index (χ3n) is 5.40. The van der Waals surface area contributed by atoms with E-state index in [-0.39, 0.29) is 11.9 Å². The van der Waals surface area contributed by atoms with E-state index in [9.17, 15) is 4.79 Å². The predicted octanol–water partition coefficient (Wildman–Crippen LogP) is 5.06. The van der Waals surface area contributed by atoms with Crippen LogP contribution in [0.1, 0.15) is 28.9 Å². The number of nitrogens with one attached hydrogen (secondary N) is 1. The second-order valence-corrected chi connectivity index (χ2v) is 7.30. The lowest BCUT2D eigenvalue weighted by atomic mass is 10.00. The molecule has 2 aromatic heterocycles. The number of pyridine rings is 1. The number of aromatic nitrogens is 3. The van der Waals surface area contributed by atoms with Gasteiger partial charge in [0, 0.05) is 29.7 Å². The SMILES string of the molecule is CC(NC(=O)c1cc2ccccc2c2cccnc12)c1ccc(-n2ccnc2)cc1. The lowest BCUT2D eigenvalue weighted by molar-refractivity contribution is 0.0941. The molecule has 2 heterocycles. The number of benzene rings is 3. The molecule has 0 spiro atoms. The van der Waals surface area contributed by atoms with Gasteiger partial charge in [0.2, 0.25) is 0 Å². The molecule has 5 nitrogen and oxygen atoms in total. The molecule has 1 amide bonds. The second kappa shape index (κ2) is 7.44. The summed E-state index contributed by atoms with van der Waals surface area (Å²) in [6.07, 6.45) is 7.14. The highest BCUT2D eigenvalue weighted by Gasteiger charge is 2.17. The van der Waals surface area contributed by atoms with Gasteiger partial charge >= 0.3 is 0 Å². The van der Waals surface area contributed by atoms with E-state index in [1.807, 2.05) is 78.4 Å². The van der Waals surface area contributed by atoms with Gasteiger partial charge in [0.25, 0.3) is 5.91 Å². The molecule has 30 heavy (non-hydrogen) atoms. The van der Waals surface area contributed by atoms with Crippen molar-refractivity contribution in [2.75, 3.05) is 0 Å². The molecule has 1 N–H and O–H groups in total. The highest BCUT2D eigenvalue weighted by molar-refractivity contribution is 6.15. The van der Waals surface area contributed by atoms with E-state index < -0.39 is 0 Å². The van der Waals surface area contributed by atoms with E-state index in [2.05, 4.69) is 21.4 Å². The molecule has 5 heteroatoms. The summed E-state index contributed by atoms with van der Waals surface area (Å²) >= 11 is 0. The molecular weight excluding hydrogens is 372 g/mol. The fraction of sp³-hybridized carbons (Fsp3) is 0.0800. The van der Waals surface area contributed by atoms with Gasteiger partial charge in [-0.1, -0.05) is 42.5 Å². The molecule has 146 valence electrons. The molecule has 0 bridgehead atoms. The Balaban J connectivity index is 1.45. The van der Waals surface area contributed by atoms with E-state index in [1.54, 1.807) is 18.7 Å². The van der Waals surface area contributed by atoms with Crippen molar-refractivity contribution >= 4 is 27.6 Å². The first-order valence-electron chi connectivity index (χ1n) is 9.86. The largest absolute Gasteiger partial charge is 0.345 e. The van der Waals surface area contributed by atoms with E-state index in [4.69, 9.17) is 0 Å². The Hall–Kier alpha value is -3.99. The fourth-order valence-electron chi connectivity index (χ4n) is 3.81. The van der Waals surface area contributed by atoms with Gasteiger partial charge in [-0.25, -0.2) is 4.98 Å². The monoisotopic (exact) mass is 392 g/mol. The van der Waals surface area contributed by atoms with Gasteiger partial charge in [0.1, 0.15) is 0 Å². The summed E-state index contributed by atoms with van der Waals surface area (Å²) in [4.78, 5) is 21.8. The second-order valence-electron chi connectivity index (χ2n) is 7.30. The minimum atomic E-state index is -0.139. The van der Waals surface area contributed by atoms with Crippen LogP contribution in [0.3, 0.4) is 0 Å². The van der Waals surface area contributed by atoms with Crippen LogP contribution in [0, 0.1) is 0 Å². The molecule has 3 aromatic carbocycles. The molecule has 0 fully saturated rings. The summed E-state index contributed by atoms with van der Waals surface area (Å²) in [5, 5.41) is 6.24. The Labute approximate surface area is 174 Å². The number of carbonyl (C=O) groups is 1. The van der Waals surface area contributed by atoms with E-state index >= 15 is 0 Å². The van der Waals surface area contributed by atoms with Crippen molar-refractivity contribution in [3.63, 3.8) is 0 Å². The number of carbonyl (C=O) groups excluding carboxylic acids is 1. The van der Waals surface area contributed by atoms with Crippen molar-refractivity contribution in [2.45, 2.75) is 13.0 Å². The lowest BCUT2D eigenvalue weighted by Gasteiger charge is -2.16. The van der Waals surface area contributed by atoms with Crippen LogP contribution >= 0.6 is 0 Å². The highest BCUT2D eigenvalue weighted by atomic mass is 16.1. The van der Waals surface area contributed by atoms with E-state index in [0.717, 1.165) is 32.9 Å². The van der Waals surface area contributed by atoms with Gasteiger partial charge < -0.3 is 9.88 Å². The molecular formula is C25H20N4O. The predicted molar refractivity (Wildman–Crippen MR) is 119 cm³/mol. The Morgan fingerprint density at radius 3 is 2.57 bits per heavy atom. The van der Waals surface area contributed by atoms with Crippen LogP contribution in [-0.4, -0.2) is 20.4 Å². The van der Waals surface area contributed by atoms with Crippen molar-refractivity contribution in [1.29, 1.82) is 0 Å². The van der Waals surface area contributed by atoms with Gasteiger partial charge in [0.15, 0.2) is 0 Å². The quantitative estimate of drug-likeness (QED) is 0.435. The summed E-state index contributed by atoms with van der Waals surface area (Å²) in [7, 11) is 0. The third kappa shape index (κ3) is 3.20. The number of hydrogen-bond acceptors (Lipinski definition) is 3. The fourth-order valence-corrected chi connectivity index (χ4v) is 3.81. The van der Waals surface area contributed by atoms with Crippen LogP contribution in [0.15, 0.2) is 91.6 Å². The molecule has 0 aliphatic rings. The van der Waals surface area contributed by atoms with Crippen molar-refractivity contribution in [1.82, 2.24) is 19.9 Å². The Bertz CT molecular complexity index is 1340. The first-order valence-corrected chi connectivity index (χ1v) is 9.86. The van der Waals surface area contributed by atoms with Crippen LogP contribution in [0.2, 0.25) is 0 Å². The van der Waals surface area contributed by atoms with Crippen molar-refractivity contribution in [3.8, 4) is 5.69 Å². The first kappa shape index (κ1) is 18.1. The number of nitrogens with zero attached hydrogens (tertiary/aromatic N) is 3. The number of imidazole rings is 1. The zero-order valence-corrected chi connectivity index (χ0v) is 16.5. The molecule has 1 unspecified atom stereocenters. The smallest absolute Gasteiger partial charge is 0.253 e. The maximum atomic E-state index is 13.2. The van der Waals surface area contributed by atoms with Gasteiger partial charge in [-0.3, -0.25) is 9.78 Å². The molecule has 5 aromatic rings. The summed E-state index contributed by atoms with van der Waals surface area (Å²) in [6, 6.07) is 21.9. The minimum absolute atomic E-state index is 0.129. The molecule has 1 atom stereocenters. The molecule has 0 aliphatic heterocycles. The number of rotatable bonds is 4. The zero-order valence-electron chi connectivity index (χ0n) is 16.5. The minimum Gasteiger partial charge on any atom is -0.345 e. The maximum Gasteiger partial charge on any atom is 0.253 e. The van der Waals surface area contributed by atoms with Crippen LogP contribution in [-0.2, 0) is 0 Å². The highest BCUT2D eigenvalue weighted by Crippen LogP contribution is 2.27. The van der Waals surface area contributed by atoms with E-state index in [0.29, 0.717) is 5.56 Å². The van der Waals surface area contributed by atoms with Crippen LogP contribution in [0.5, 0.6) is 0 Å². The van der Waals surface area contributed by atoms with Crippen molar-refractivity contribution in [2.24, 2.45) is 0 Å². The van der Waals surface area contributed by atoms with E-state index in [1.165, 1.54) is 0 Å².